The molecule has 2 atom stereocenters. The van der Waals surface area contributed by atoms with E-state index in [-0.39, 0.29) is 0 Å². The number of benzene rings is 1. The summed E-state index contributed by atoms with van der Waals surface area (Å²) in [7, 11) is 2.15. The summed E-state index contributed by atoms with van der Waals surface area (Å²) in [4.78, 5) is 0. The molecule has 0 amide bonds. The van der Waals surface area contributed by atoms with Gasteiger partial charge in [0.2, 0.25) is 0 Å². The maximum absolute atomic E-state index is 3.68. The van der Waals surface area contributed by atoms with Gasteiger partial charge >= 0.3 is 0 Å². The Bertz CT molecular complexity index is 385. The topological polar surface area (TPSA) is 12.0 Å². The minimum atomic E-state index is 0.299. The minimum Gasteiger partial charge on any atom is -0.310 e. The Morgan fingerprint density at radius 3 is 2.94 bits per heavy atom. The average molecular weight is 215 g/mol. The normalized spacial score (nSPS) is 32.9. The van der Waals surface area contributed by atoms with Crippen LogP contribution in [0.4, 0.5) is 0 Å². The van der Waals surface area contributed by atoms with E-state index < -0.39 is 0 Å². The van der Waals surface area contributed by atoms with Gasteiger partial charge in [0.1, 0.15) is 0 Å². The van der Waals surface area contributed by atoms with Crippen LogP contribution in [0.1, 0.15) is 43.2 Å². The van der Waals surface area contributed by atoms with E-state index in [9.17, 15) is 0 Å². The van der Waals surface area contributed by atoms with E-state index in [0.29, 0.717) is 5.54 Å². The van der Waals surface area contributed by atoms with Crippen LogP contribution in [0.3, 0.4) is 0 Å². The van der Waals surface area contributed by atoms with Crippen LogP contribution in [0.15, 0.2) is 24.3 Å². The first-order chi connectivity index (χ1) is 7.87. The van der Waals surface area contributed by atoms with Crippen LogP contribution in [0, 0.1) is 5.92 Å². The molecule has 0 radical (unpaired) electrons. The molecule has 0 bridgehead atoms. The van der Waals surface area contributed by atoms with Crippen LogP contribution in [0.25, 0.3) is 0 Å². The largest absolute Gasteiger partial charge is 0.310 e. The van der Waals surface area contributed by atoms with E-state index in [1.165, 1.54) is 38.5 Å². The molecular formula is C15H21N. The van der Waals surface area contributed by atoms with Crippen LogP contribution in [-0.4, -0.2) is 7.05 Å². The fourth-order valence-corrected chi connectivity index (χ4v) is 3.96. The van der Waals surface area contributed by atoms with Crippen molar-refractivity contribution < 1.29 is 0 Å². The molecule has 0 aromatic heterocycles. The zero-order valence-corrected chi connectivity index (χ0v) is 10.1. The molecule has 0 spiro atoms. The summed E-state index contributed by atoms with van der Waals surface area (Å²) in [6.45, 7) is 0. The summed E-state index contributed by atoms with van der Waals surface area (Å²) in [5.41, 5.74) is 3.47. The first-order valence-corrected chi connectivity index (χ1v) is 6.64. The van der Waals surface area contributed by atoms with Gasteiger partial charge in [0.25, 0.3) is 0 Å². The number of hydrogen-bond acceptors (Lipinski definition) is 1. The third-order valence-corrected chi connectivity index (χ3v) is 4.78. The van der Waals surface area contributed by atoms with Crippen molar-refractivity contribution in [2.24, 2.45) is 5.92 Å². The van der Waals surface area contributed by atoms with Crippen molar-refractivity contribution in [3.8, 4) is 0 Å². The number of hydrogen-bond donors (Lipinski definition) is 1. The van der Waals surface area contributed by atoms with E-state index in [4.69, 9.17) is 0 Å². The molecule has 1 heteroatoms. The lowest BCUT2D eigenvalue weighted by Gasteiger charge is -2.48. The first-order valence-electron chi connectivity index (χ1n) is 6.64. The number of fused-ring (bicyclic) bond motifs is 3. The van der Waals surface area contributed by atoms with Gasteiger partial charge in [-0.2, -0.15) is 0 Å². The number of aryl methyl sites for hydroxylation is 1. The second-order valence-corrected chi connectivity index (χ2v) is 5.36. The molecule has 1 N–H and O–H groups in total. The molecule has 86 valence electrons. The highest BCUT2D eigenvalue weighted by Gasteiger charge is 2.43. The Balaban J connectivity index is 2.11. The Hall–Kier alpha value is -0.820. The van der Waals surface area contributed by atoms with Gasteiger partial charge < -0.3 is 5.32 Å². The van der Waals surface area contributed by atoms with Gasteiger partial charge in [0.15, 0.2) is 0 Å². The molecule has 1 saturated carbocycles. The monoisotopic (exact) mass is 215 g/mol. The van der Waals surface area contributed by atoms with Gasteiger partial charge in [0, 0.05) is 5.54 Å². The Morgan fingerprint density at radius 2 is 2.06 bits per heavy atom. The van der Waals surface area contributed by atoms with Crippen molar-refractivity contribution in [3.63, 3.8) is 0 Å². The molecule has 16 heavy (non-hydrogen) atoms. The number of nitrogens with one attached hydrogen (secondary N) is 1. The molecule has 1 aromatic rings. The van der Waals surface area contributed by atoms with Crippen molar-refractivity contribution in [2.75, 3.05) is 7.05 Å². The van der Waals surface area contributed by atoms with Gasteiger partial charge in [-0.05, 0) is 49.8 Å². The Labute approximate surface area is 98.3 Å². The van der Waals surface area contributed by atoms with Crippen molar-refractivity contribution in [1.82, 2.24) is 5.32 Å². The fourth-order valence-electron chi connectivity index (χ4n) is 3.96. The summed E-state index contributed by atoms with van der Waals surface area (Å²) < 4.78 is 0. The molecular weight excluding hydrogens is 194 g/mol. The van der Waals surface area contributed by atoms with Crippen LogP contribution >= 0.6 is 0 Å². The average Bonchev–Trinajstić information content (AvgIpc) is 2.38. The Morgan fingerprint density at radius 1 is 1.19 bits per heavy atom. The highest BCUT2D eigenvalue weighted by molar-refractivity contribution is 5.37. The van der Waals surface area contributed by atoms with Gasteiger partial charge in [0.05, 0.1) is 0 Å². The maximum Gasteiger partial charge on any atom is 0.0463 e. The molecule has 0 saturated heterocycles. The highest BCUT2D eigenvalue weighted by Crippen LogP contribution is 2.47. The second kappa shape index (κ2) is 3.89. The molecule has 0 unspecified atom stereocenters. The Kier molecular flexibility index (Phi) is 2.51. The van der Waals surface area contributed by atoms with E-state index in [0.717, 1.165) is 5.92 Å². The van der Waals surface area contributed by atoms with Gasteiger partial charge in [-0.15, -0.1) is 0 Å². The molecule has 2 aliphatic rings. The summed E-state index contributed by atoms with van der Waals surface area (Å²) in [5.74, 6) is 0.862. The van der Waals surface area contributed by atoms with Crippen LogP contribution in [-0.2, 0) is 12.0 Å². The quantitative estimate of drug-likeness (QED) is 0.758. The van der Waals surface area contributed by atoms with E-state index >= 15 is 0 Å². The molecule has 0 heterocycles. The maximum atomic E-state index is 3.68. The third kappa shape index (κ3) is 1.34. The van der Waals surface area contributed by atoms with Crippen LogP contribution in [0.5, 0.6) is 0 Å². The fraction of sp³-hybridized carbons (Fsp3) is 0.600. The molecule has 1 fully saturated rings. The summed E-state index contributed by atoms with van der Waals surface area (Å²) >= 11 is 0. The minimum absolute atomic E-state index is 0.299. The standard InChI is InChI=1S/C15H21N/c1-16-15-11-5-4-7-13(15)10-9-12-6-2-3-8-14(12)15/h2-3,6,8,13,16H,4-5,7,9-11H2,1H3/t13-,15+/m1/s1. The second-order valence-electron chi connectivity index (χ2n) is 5.36. The zero-order valence-electron chi connectivity index (χ0n) is 10.1. The molecule has 1 aromatic carbocycles. The molecule has 2 aliphatic carbocycles. The molecule has 3 rings (SSSR count). The SMILES string of the molecule is CN[C@@]12CCCC[C@@H]1CCc1ccccc12. The predicted molar refractivity (Wildman–Crippen MR) is 67.5 cm³/mol. The van der Waals surface area contributed by atoms with Crippen molar-refractivity contribution in [3.05, 3.63) is 35.4 Å². The summed E-state index contributed by atoms with van der Waals surface area (Å²) in [6.07, 6.45) is 8.20. The van der Waals surface area contributed by atoms with E-state index in [1.807, 2.05) is 0 Å². The third-order valence-electron chi connectivity index (χ3n) is 4.78. The highest BCUT2D eigenvalue weighted by atomic mass is 15.0. The lowest BCUT2D eigenvalue weighted by atomic mass is 9.62. The molecule has 1 nitrogen and oxygen atoms in total. The van der Waals surface area contributed by atoms with E-state index in [2.05, 4.69) is 36.6 Å². The van der Waals surface area contributed by atoms with Crippen LogP contribution in [0.2, 0.25) is 0 Å². The zero-order chi connectivity index (χ0) is 11.0. The summed E-state index contributed by atoms with van der Waals surface area (Å²) in [5, 5.41) is 3.68. The van der Waals surface area contributed by atoms with Crippen molar-refractivity contribution in [1.29, 1.82) is 0 Å². The van der Waals surface area contributed by atoms with Crippen LogP contribution < -0.4 is 5.32 Å². The summed E-state index contributed by atoms with van der Waals surface area (Å²) in [6, 6.07) is 9.06. The van der Waals surface area contributed by atoms with Gasteiger partial charge in [-0.3, -0.25) is 0 Å². The lowest BCUT2D eigenvalue weighted by molar-refractivity contribution is 0.129. The lowest BCUT2D eigenvalue weighted by Crippen LogP contribution is -2.51. The van der Waals surface area contributed by atoms with Crippen molar-refractivity contribution in [2.45, 2.75) is 44.1 Å². The van der Waals surface area contributed by atoms with Crippen molar-refractivity contribution >= 4 is 0 Å². The first kappa shape index (κ1) is 10.3. The van der Waals surface area contributed by atoms with E-state index in [1.54, 1.807) is 11.1 Å². The molecule has 0 aliphatic heterocycles. The smallest absolute Gasteiger partial charge is 0.0463 e. The predicted octanol–water partition coefficient (Wildman–Crippen LogP) is 3.24. The number of rotatable bonds is 1. The van der Waals surface area contributed by atoms with Gasteiger partial charge in [-0.1, -0.05) is 37.1 Å². The van der Waals surface area contributed by atoms with Gasteiger partial charge in [-0.25, -0.2) is 0 Å².